The van der Waals surface area contributed by atoms with E-state index in [1.807, 2.05) is 10.9 Å². The molecule has 13 heavy (non-hydrogen) atoms. The van der Waals surface area contributed by atoms with Gasteiger partial charge in [0.05, 0.1) is 11.8 Å². The average molecular weight is 175 g/mol. The van der Waals surface area contributed by atoms with Crippen LogP contribution in [0.1, 0.15) is 31.2 Å². The van der Waals surface area contributed by atoms with E-state index in [1.54, 1.807) is 6.20 Å². The molecule has 0 spiro atoms. The molecular formula is C10H13N3. The molecule has 2 rings (SSSR count). The summed E-state index contributed by atoms with van der Waals surface area (Å²) in [5, 5.41) is 12.7. The van der Waals surface area contributed by atoms with Crippen molar-refractivity contribution in [2.24, 2.45) is 5.92 Å². The molecule has 1 aromatic heterocycles. The first-order valence-corrected chi connectivity index (χ1v) is 4.81. The fraction of sp³-hybridized carbons (Fsp3) is 0.600. The largest absolute Gasteiger partial charge is 0.271 e. The summed E-state index contributed by atoms with van der Waals surface area (Å²) in [6, 6.07) is 2.08. The molecule has 0 radical (unpaired) electrons. The molecule has 0 unspecified atom stereocenters. The molecule has 0 bridgehead atoms. The van der Waals surface area contributed by atoms with Gasteiger partial charge in [-0.05, 0) is 12.3 Å². The molecule has 1 aliphatic carbocycles. The molecule has 1 heterocycles. The van der Waals surface area contributed by atoms with Gasteiger partial charge in [-0.2, -0.15) is 10.4 Å². The molecule has 0 aromatic carbocycles. The number of rotatable bonds is 3. The minimum absolute atomic E-state index is 0.661. The van der Waals surface area contributed by atoms with E-state index in [9.17, 15) is 0 Å². The minimum Gasteiger partial charge on any atom is -0.271 e. The first-order chi connectivity index (χ1) is 6.38. The normalized spacial score (nSPS) is 16.5. The lowest BCUT2D eigenvalue weighted by Crippen LogP contribution is -2.13. The molecular weight excluding hydrogens is 162 g/mol. The van der Waals surface area contributed by atoms with Crippen LogP contribution in [0.4, 0.5) is 0 Å². The fourth-order valence-electron chi connectivity index (χ4n) is 1.64. The van der Waals surface area contributed by atoms with Crippen molar-refractivity contribution in [2.75, 3.05) is 0 Å². The van der Waals surface area contributed by atoms with E-state index in [2.05, 4.69) is 11.2 Å². The summed E-state index contributed by atoms with van der Waals surface area (Å²) in [5.41, 5.74) is 0.661. The van der Waals surface area contributed by atoms with Crippen molar-refractivity contribution in [3.63, 3.8) is 0 Å². The zero-order chi connectivity index (χ0) is 9.10. The van der Waals surface area contributed by atoms with Crippen LogP contribution in [0.2, 0.25) is 0 Å². The topological polar surface area (TPSA) is 41.6 Å². The van der Waals surface area contributed by atoms with Gasteiger partial charge in [-0.3, -0.25) is 4.68 Å². The quantitative estimate of drug-likeness (QED) is 0.704. The van der Waals surface area contributed by atoms with Gasteiger partial charge >= 0.3 is 0 Å². The molecule has 0 N–H and O–H groups in total. The van der Waals surface area contributed by atoms with E-state index < -0.39 is 0 Å². The van der Waals surface area contributed by atoms with E-state index in [4.69, 9.17) is 5.26 Å². The van der Waals surface area contributed by atoms with Gasteiger partial charge in [0.2, 0.25) is 0 Å². The first kappa shape index (κ1) is 8.31. The number of aromatic nitrogens is 2. The van der Waals surface area contributed by atoms with Crippen molar-refractivity contribution in [1.82, 2.24) is 9.78 Å². The Hall–Kier alpha value is -1.30. The zero-order valence-electron chi connectivity index (χ0n) is 7.61. The predicted molar refractivity (Wildman–Crippen MR) is 48.9 cm³/mol. The van der Waals surface area contributed by atoms with Gasteiger partial charge in [-0.1, -0.05) is 19.3 Å². The lowest BCUT2D eigenvalue weighted by molar-refractivity contribution is 0.278. The van der Waals surface area contributed by atoms with Crippen molar-refractivity contribution in [1.29, 1.82) is 5.26 Å². The Labute approximate surface area is 78.0 Å². The van der Waals surface area contributed by atoms with Gasteiger partial charge in [-0.15, -0.1) is 0 Å². The maximum absolute atomic E-state index is 8.58. The molecule has 1 saturated carbocycles. The summed E-state index contributed by atoms with van der Waals surface area (Å²) in [4.78, 5) is 0. The van der Waals surface area contributed by atoms with E-state index >= 15 is 0 Å². The summed E-state index contributed by atoms with van der Waals surface area (Å²) in [5.74, 6) is 0.912. The molecule has 0 aliphatic heterocycles. The lowest BCUT2D eigenvalue weighted by atomic mass is 9.83. The highest BCUT2D eigenvalue weighted by atomic mass is 15.3. The Kier molecular flexibility index (Phi) is 2.31. The second-order valence-corrected chi connectivity index (χ2v) is 3.69. The van der Waals surface area contributed by atoms with E-state index in [0.29, 0.717) is 5.56 Å². The van der Waals surface area contributed by atoms with Crippen LogP contribution in [-0.4, -0.2) is 9.78 Å². The van der Waals surface area contributed by atoms with E-state index in [0.717, 1.165) is 12.5 Å². The van der Waals surface area contributed by atoms with Crippen LogP contribution in [0.15, 0.2) is 12.4 Å². The molecule has 68 valence electrons. The molecule has 3 nitrogen and oxygen atoms in total. The van der Waals surface area contributed by atoms with Crippen LogP contribution < -0.4 is 0 Å². The summed E-state index contributed by atoms with van der Waals surface area (Å²) in [6.07, 6.45) is 8.82. The minimum atomic E-state index is 0.661. The molecule has 1 aromatic rings. The second-order valence-electron chi connectivity index (χ2n) is 3.69. The number of hydrogen-bond donors (Lipinski definition) is 0. The third kappa shape index (κ3) is 1.89. The van der Waals surface area contributed by atoms with E-state index in [-0.39, 0.29) is 0 Å². The highest BCUT2D eigenvalue weighted by molar-refractivity contribution is 5.21. The Morgan fingerprint density at radius 2 is 2.46 bits per heavy atom. The van der Waals surface area contributed by atoms with Crippen molar-refractivity contribution < 1.29 is 0 Å². The second kappa shape index (κ2) is 3.61. The number of aryl methyl sites for hydroxylation is 1. The number of hydrogen-bond acceptors (Lipinski definition) is 2. The Bertz CT molecular complexity index is 317. The van der Waals surface area contributed by atoms with Gasteiger partial charge in [0.15, 0.2) is 0 Å². The lowest BCUT2D eigenvalue weighted by Gasteiger charge is -2.24. The monoisotopic (exact) mass is 175 g/mol. The smallest absolute Gasteiger partial charge is 0.102 e. The fourth-order valence-corrected chi connectivity index (χ4v) is 1.64. The van der Waals surface area contributed by atoms with Gasteiger partial charge in [0.1, 0.15) is 6.07 Å². The summed E-state index contributed by atoms with van der Waals surface area (Å²) in [7, 11) is 0. The predicted octanol–water partition coefficient (Wildman–Crippen LogP) is 1.94. The van der Waals surface area contributed by atoms with Gasteiger partial charge in [0.25, 0.3) is 0 Å². The summed E-state index contributed by atoms with van der Waals surface area (Å²) < 4.78 is 1.87. The van der Waals surface area contributed by atoms with E-state index in [1.165, 1.54) is 25.7 Å². The maximum atomic E-state index is 8.58. The Morgan fingerprint density at radius 1 is 1.62 bits per heavy atom. The zero-order valence-corrected chi connectivity index (χ0v) is 7.61. The highest BCUT2D eigenvalue weighted by Gasteiger charge is 2.16. The summed E-state index contributed by atoms with van der Waals surface area (Å²) >= 11 is 0. The third-order valence-electron chi connectivity index (χ3n) is 2.75. The van der Waals surface area contributed by atoms with Crippen LogP contribution in [0.5, 0.6) is 0 Å². The molecule has 1 fully saturated rings. The van der Waals surface area contributed by atoms with Crippen LogP contribution in [-0.2, 0) is 6.54 Å². The van der Waals surface area contributed by atoms with Crippen LogP contribution in [0, 0.1) is 17.2 Å². The molecule has 3 heteroatoms. The van der Waals surface area contributed by atoms with Crippen molar-refractivity contribution >= 4 is 0 Å². The molecule has 0 atom stereocenters. The van der Waals surface area contributed by atoms with Crippen LogP contribution in [0.25, 0.3) is 0 Å². The SMILES string of the molecule is N#Cc1cnn(CCC2CCC2)c1. The van der Waals surface area contributed by atoms with Crippen molar-refractivity contribution in [3.8, 4) is 6.07 Å². The Balaban J connectivity index is 1.83. The van der Waals surface area contributed by atoms with Crippen molar-refractivity contribution in [3.05, 3.63) is 18.0 Å². The van der Waals surface area contributed by atoms with Gasteiger partial charge in [0, 0.05) is 12.7 Å². The average Bonchev–Trinajstić information content (AvgIpc) is 2.49. The third-order valence-corrected chi connectivity index (χ3v) is 2.75. The molecule has 1 aliphatic rings. The first-order valence-electron chi connectivity index (χ1n) is 4.81. The summed E-state index contributed by atoms with van der Waals surface area (Å²) in [6.45, 7) is 0.965. The molecule has 0 saturated heterocycles. The van der Waals surface area contributed by atoms with Gasteiger partial charge in [-0.25, -0.2) is 0 Å². The van der Waals surface area contributed by atoms with Crippen LogP contribution >= 0.6 is 0 Å². The van der Waals surface area contributed by atoms with Crippen LogP contribution in [0.3, 0.4) is 0 Å². The highest BCUT2D eigenvalue weighted by Crippen LogP contribution is 2.29. The van der Waals surface area contributed by atoms with Crippen molar-refractivity contribution in [2.45, 2.75) is 32.2 Å². The number of nitrogens with zero attached hydrogens (tertiary/aromatic N) is 3. The molecule has 0 amide bonds. The maximum Gasteiger partial charge on any atom is 0.102 e. The standard InChI is InChI=1S/C10H13N3/c11-6-10-7-12-13(8-10)5-4-9-2-1-3-9/h7-9H,1-5H2. The van der Waals surface area contributed by atoms with Gasteiger partial charge < -0.3 is 0 Å². The Morgan fingerprint density at radius 3 is 3.00 bits per heavy atom. The number of nitriles is 1.